The number of ether oxygens (including phenoxy) is 2. The molecule has 4 nitrogen and oxygen atoms in total. The van der Waals surface area contributed by atoms with Crippen molar-refractivity contribution in [1.82, 2.24) is 0 Å². The third-order valence-corrected chi connectivity index (χ3v) is 3.61. The third kappa shape index (κ3) is 2.33. The lowest BCUT2D eigenvalue weighted by Crippen LogP contribution is -2.26. The van der Waals surface area contributed by atoms with Crippen molar-refractivity contribution in [3.8, 4) is 16.9 Å². The Morgan fingerprint density at radius 3 is 2.76 bits per heavy atom. The number of anilines is 1. The van der Waals surface area contributed by atoms with Crippen LogP contribution in [0.25, 0.3) is 11.1 Å². The fraction of sp³-hybridized carbons (Fsp3) is 0.235. The van der Waals surface area contributed by atoms with E-state index in [9.17, 15) is 4.79 Å². The van der Waals surface area contributed by atoms with Crippen molar-refractivity contribution in [3.63, 3.8) is 0 Å². The average molecular weight is 283 g/mol. The quantitative estimate of drug-likeness (QED) is 0.877. The predicted molar refractivity (Wildman–Crippen MR) is 81.4 cm³/mol. The van der Waals surface area contributed by atoms with E-state index in [4.69, 9.17) is 9.47 Å². The second-order valence-electron chi connectivity index (χ2n) is 4.83. The molecule has 0 amide bonds. The molecule has 0 saturated heterocycles. The second kappa shape index (κ2) is 5.48. The standard InChI is InChI=1S/C17H17NO3/c1-3-21-17(19)16-13-7-5-4-6-12(13)14-10-11(20-2)8-9-15(14)18-16/h4-10,16,18H,3H2,1-2H3. The van der Waals surface area contributed by atoms with Crippen LogP contribution in [0, 0.1) is 0 Å². The van der Waals surface area contributed by atoms with Crippen molar-refractivity contribution in [2.75, 3.05) is 19.0 Å². The molecular weight excluding hydrogens is 266 g/mol. The first kappa shape index (κ1) is 13.5. The number of fused-ring (bicyclic) bond motifs is 3. The molecule has 0 radical (unpaired) electrons. The van der Waals surface area contributed by atoms with E-state index in [1.165, 1.54) is 0 Å². The lowest BCUT2D eigenvalue weighted by molar-refractivity contribution is -0.144. The molecule has 0 bridgehead atoms. The minimum atomic E-state index is -0.470. The van der Waals surface area contributed by atoms with E-state index >= 15 is 0 Å². The van der Waals surface area contributed by atoms with Gasteiger partial charge < -0.3 is 14.8 Å². The van der Waals surface area contributed by atoms with Crippen molar-refractivity contribution in [2.45, 2.75) is 13.0 Å². The van der Waals surface area contributed by atoms with Gasteiger partial charge in [-0.25, -0.2) is 4.79 Å². The van der Waals surface area contributed by atoms with E-state index in [1.807, 2.05) is 49.4 Å². The van der Waals surface area contributed by atoms with Crippen LogP contribution in [0.15, 0.2) is 42.5 Å². The number of benzene rings is 2. The molecule has 1 aliphatic rings. The third-order valence-electron chi connectivity index (χ3n) is 3.61. The molecule has 0 fully saturated rings. The average Bonchev–Trinajstić information content (AvgIpc) is 2.53. The SMILES string of the molecule is CCOC(=O)C1Nc2ccc(OC)cc2-c2ccccc21. The Bertz CT molecular complexity index is 681. The van der Waals surface area contributed by atoms with E-state index in [0.717, 1.165) is 28.1 Å². The van der Waals surface area contributed by atoms with Gasteiger partial charge in [-0.1, -0.05) is 24.3 Å². The summed E-state index contributed by atoms with van der Waals surface area (Å²) in [5, 5.41) is 3.26. The highest BCUT2D eigenvalue weighted by atomic mass is 16.5. The highest BCUT2D eigenvalue weighted by molar-refractivity contribution is 5.93. The van der Waals surface area contributed by atoms with Gasteiger partial charge in [0.15, 0.2) is 6.04 Å². The maximum atomic E-state index is 12.2. The van der Waals surface area contributed by atoms with Crippen LogP contribution < -0.4 is 10.1 Å². The van der Waals surface area contributed by atoms with E-state index < -0.39 is 6.04 Å². The summed E-state index contributed by atoms with van der Waals surface area (Å²) < 4.78 is 10.5. The summed E-state index contributed by atoms with van der Waals surface area (Å²) in [6, 6.07) is 13.2. The highest BCUT2D eigenvalue weighted by Gasteiger charge is 2.30. The van der Waals surface area contributed by atoms with Gasteiger partial charge >= 0.3 is 5.97 Å². The molecule has 1 aliphatic heterocycles. The van der Waals surface area contributed by atoms with Gasteiger partial charge in [0.2, 0.25) is 0 Å². The smallest absolute Gasteiger partial charge is 0.333 e. The van der Waals surface area contributed by atoms with Gasteiger partial charge in [-0.2, -0.15) is 0 Å². The zero-order chi connectivity index (χ0) is 14.8. The van der Waals surface area contributed by atoms with Crippen LogP contribution >= 0.6 is 0 Å². The van der Waals surface area contributed by atoms with Crippen molar-refractivity contribution in [3.05, 3.63) is 48.0 Å². The highest BCUT2D eigenvalue weighted by Crippen LogP contribution is 2.42. The topological polar surface area (TPSA) is 47.6 Å². The molecule has 1 heterocycles. The van der Waals surface area contributed by atoms with E-state index in [-0.39, 0.29) is 5.97 Å². The van der Waals surface area contributed by atoms with E-state index in [0.29, 0.717) is 6.61 Å². The first-order chi connectivity index (χ1) is 10.2. The van der Waals surface area contributed by atoms with Crippen LogP contribution in [0.3, 0.4) is 0 Å². The largest absolute Gasteiger partial charge is 0.497 e. The normalized spacial score (nSPS) is 15.4. The Labute approximate surface area is 123 Å². The van der Waals surface area contributed by atoms with Gasteiger partial charge in [0.1, 0.15) is 5.75 Å². The number of esters is 1. The fourth-order valence-electron chi connectivity index (χ4n) is 2.64. The number of nitrogens with one attached hydrogen (secondary N) is 1. The van der Waals surface area contributed by atoms with E-state index in [1.54, 1.807) is 7.11 Å². The van der Waals surface area contributed by atoms with E-state index in [2.05, 4.69) is 5.32 Å². The number of carbonyl (C=O) groups excluding carboxylic acids is 1. The Morgan fingerprint density at radius 2 is 2.00 bits per heavy atom. The Hall–Kier alpha value is -2.49. The minimum absolute atomic E-state index is 0.258. The van der Waals surface area contributed by atoms with Crippen LogP contribution in [0.5, 0.6) is 5.75 Å². The van der Waals surface area contributed by atoms with Gasteiger partial charge in [0.05, 0.1) is 13.7 Å². The Kier molecular flexibility index (Phi) is 3.52. The summed E-state index contributed by atoms with van der Waals surface area (Å²) in [4.78, 5) is 12.2. The fourth-order valence-corrected chi connectivity index (χ4v) is 2.64. The summed E-state index contributed by atoms with van der Waals surface area (Å²) in [5.41, 5.74) is 3.90. The first-order valence-electron chi connectivity index (χ1n) is 6.95. The molecule has 0 saturated carbocycles. The summed E-state index contributed by atoms with van der Waals surface area (Å²) in [6.07, 6.45) is 0. The zero-order valence-corrected chi connectivity index (χ0v) is 12.1. The van der Waals surface area contributed by atoms with Crippen LogP contribution in [0.2, 0.25) is 0 Å². The molecule has 1 atom stereocenters. The first-order valence-corrected chi connectivity index (χ1v) is 6.95. The summed E-state index contributed by atoms with van der Waals surface area (Å²) in [5.74, 6) is 0.534. The molecule has 1 unspecified atom stereocenters. The van der Waals surface area contributed by atoms with Gasteiger partial charge in [-0.05, 0) is 36.2 Å². The minimum Gasteiger partial charge on any atom is -0.497 e. The molecule has 2 aromatic carbocycles. The van der Waals surface area contributed by atoms with Crippen LogP contribution in [-0.2, 0) is 9.53 Å². The summed E-state index contributed by atoms with van der Waals surface area (Å²) in [6.45, 7) is 2.18. The lowest BCUT2D eigenvalue weighted by atomic mass is 9.89. The molecule has 21 heavy (non-hydrogen) atoms. The Morgan fingerprint density at radius 1 is 1.19 bits per heavy atom. The summed E-state index contributed by atoms with van der Waals surface area (Å²) >= 11 is 0. The monoisotopic (exact) mass is 283 g/mol. The van der Waals surface area contributed by atoms with Gasteiger partial charge in [-0.15, -0.1) is 0 Å². The van der Waals surface area contributed by atoms with Gasteiger partial charge in [-0.3, -0.25) is 0 Å². The molecule has 4 heteroatoms. The number of rotatable bonds is 3. The maximum Gasteiger partial charge on any atom is 0.333 e. The number of methoxy groups -OCH3 is 1. The zero-order valence-electron chi connectivity index (χ0n) is 12.1. The van der Waals surface area contributed by atoms with Crippen molar-refractivity contribution in [2.24, 2.45) is 0 Å². The number of hydrogen-bond acceptors (Lipinski definition) is 4. The maximum absolute atomic E-state index is 12.2. The van der Waals surface area contributed by atoms with Gasteiger partial charge in [0.25, 0.3) is 0 Å². The molecule has 108 valence electrons. The molecule has 3 rings (SSSR count). The molecule has 2 aromatic rings. The molecular formula is C17H17NO3. The van der Waals surface area contributed by atoms with Crippen LogP contribution in [-0.4, -0.2) is 19.7 Å². The number of hydrogen-bond donors (Lipinski definition) is 1. The second-order valence-corrected chi connectivity index (χ2v) is 4.83. The summed E-state index contributed by atoms with van der Waals surface area (Å²) in [7, 11) is 1.64. The van der Waals surface area contributed by atoms with Crippen LogP contribution in [0.1, 0.15) is 18.5 Å². The molecule has 1 N–H and O–H groups in total. The Balaban J connectivity index is 2.11. The van der Waals surface area contributed by atoms with Crippen molar-refractivity contribution in [1.29, 1.82) is 0 Å². The molecule has 0 aliphatic carbocycles. The van der Waals surface area contributed by atoms with Crippen molar-refractivity contribution < 1.29 is 14.3 Å². The predicted octanol–water partition coefficient (Wildman–Crippen LogP) is 3.39. The van der Waals surface area contributed by atoms with Gasteiger partial charge in [0, 0.05) is 11.3 Å². The molecule has 0 spiro atoms. The molecule has 0 aromatic heterocycles. The van der Waals surface area contributed by atoms with Crippen molar-refractivity contribution >= 4 is 11.7 Å². The van der Waals surface area contributed by atoms with Crippen LogP contribution in [0.4, 0.5) is 5.69 Å². The lowest BCUT2D eigenvalue weighted by Gasteiger charge is -2.28. The number of carbonyl (C=O) groups is 1.